The van der Waals surface area contributed by atoms with Crippen LogP contribution in [0.1, 0.15) is 40.4 Å². The monoisotopic (exact) mass is 338 g/mol. The van der Waals surface area contributed by atoms with Crippen molar-refractivity contribution in [1.82, 2.24) is 9.80 Å². The van der Waals surface area contributed by atoms with Gasteiger partial charge in [0.2, 0.25) is 5.91 Å². The average molecular weight is 338 g/mol. The standard InChI is InChI=1S/C19H18N2O2S/c1-13-15-5-2-3-6-16(15)19(23)21(13)11-18(22)20-9-4-7-17(20)14-8-10-24-12-14/h2-3,5-6,8,10,12,17H,1,4,7,9,11H2. The van der Waals surface area contributed by atoms with Crippen molar-refractivity contribution >= 4 is 28.8 Å². The molecule has 0 saturated carbocycles. The van der Waals surface area contributed by atoms with E-state index in [0.29, 0.717) is 11.3 Å². The number of hydrogen-bond donors (Lipinski definition) is 0. The summed E-state index contributed by atoms with van der Waals surface area (Å²) in [7, 11) is 0. The molecule has 2 amide bonds. The fourth-order valence-corrected chi connectivity index (χ4v) is 4.31. The van der Waals surface area contributed by atoms with Crippen molar-refractivity contribution in [3.8, 4) is 0 Å². The SMILES string of the molecule is C=C1c2ccccc2C(=O)N1CC(=O)N1CCCC1c1ccsc1. The molecule has 2 aliphatic rings. The maximum absolute atomic E-state index is 12.8. The highest BCUT2D eigenvalue weighted by Crippen LogP contribution is 2.35. The smallest absolute Gasteiger partial charge is 0.259 e. The molecule has 1 fully saturated rings. The second-order valence-electron chi connectivity index (χ2n) is 6.19. The molecule has 1 unspecified atom stereocenters. The highest BCUT2D eigenvalue weighted by molar-refractivity contribution is 7.08. The predicted molar refractivity (Wildman–Crippen MR) is 94.5 cm³/mol. The largest absolute Gasteiger partial charge is 0.334 e. The van der Waals surface area contributed by atoms with Gasteiger partial charge in [0.15, 0.2) is 0 Å². The van der Waals surface area contributed by atoms with E-state index in [1.807, 2.05) is 28.5 Å². The molecule has 2 aliphatic heterocycles. The van der Waals surface area contributed by atoms with Crippen LogP contribution in [-0.2, 0) is 4.79 Å². The van der Waals surface area contributed by atoms with Crippen LogP contribution in [0.4, 0.5) is 0 Å². The number of benzene rings is 1. The van der Waals surface area contributed by atoms with E-state index in [2.05, 4.69) is 18.0 Å². The Kier molecular flexibility index (Phi) is 3.73. The molecule has 1 saturated heterocycles. The van der Waals surface area contributed by atoms with Crippen LogP contribution >= 0.6 is 11.3 Å². The van der Waals surface area contributed by atoms with Crippen molar-refractivity contribution in [3.63, 3.8) is 0 Å². The molecule has 0 bridgehead atoms. The summed E-state index contributed by atoms with van der Waals surface area (Å²) in [5, 5.41) is 4.14. The number of amides is 2. The van der Waals surface area contributed by atoms with Crippen LogP contribution in [0.15, 0.2) is 47.7 Å². The fraction of sp³-hybridized carbons (Fsp3) is 0.263. The average Bonchev–Trinajstić information content (AvgIpc) is 3.31. The summed E-state index contributed by atoms with van der Waals surface area (Å²) < 4.78 is 0. The summed E-state index contributed by atoms with van der Waals surface area (Å²) in [6, 6.07) is 9.60. The summed E-state index contributed by atoms with van der Waals surface area (Å²) in [4.78, 5) is 28.8. The molecule has 1 aromatic heterocycles. The molecule has 4 nitrogen and oxygen atoms in total. The number of thiophene rings is 1. The van der Waals surface area contributed by atoms with Gasteiger partial charge in [0, 0.05) is 23.4 Å². The Morgan fingerprint density at radius 1 is 1.25 bits per heavy atom. The van der Waals surface area contributed by atoms with Crippen LogP contribution in [0.2, 0.25) is 0 Å². The highest BCUT2D eigenvalue weighted by atomic mass is 32.1. The Morgan fingerprint density at radius 3 is 2.75 bits per heavy atom. The van der Waals surface area contributed by atoms with Crippen molar-refractivity contribution in [3.05, 3.63) is 64.4 Å². The molecule has 0 spiro atoms. The zero-order valence-corrected chi connectivity index (χ0v) is 14.1. The van der Waals surface area contributed by atoms with Gasteiger partial charge in [-0.2, -0.15) is 11.3 Å². The van der Waals surface area contributed by atoms with E-state index in [1.165, 1.54) is 10.5 Å². The third-order valence-electron chi connectivity index (χ3n) is 4.83. The first-order chi connectivity index (χ1) is 11.7. The summed E-state index contributed by atoms with van der Waals surface area (Å²) in [5.74, 6) is -0.138. The van der Waals surface area contributed by atoms with E-state index >= 15 is 0 Å². The van der Waals surface area contributed by atoms with E-state index in [9.17, 15) is 9.59 Å². The van der Waals surface area contributed by atoms with Gasteiger partial charge in [0.05, 0.1) is 6.04 Å². The fourth-order valence-electron chi connectivity index (χ4n) is 3.60. The number of fused-ring (bicyclic) bond motifs is 1. The third kappa shape index (κ3) is 2.36. The molecule has 122 valence electrons. The normalized spacial score (nSPS) is 19.9. The number of carbonyl (C=O) groups is 2. The van der Waals surface area contributed by atoms with Crippen LogP contribution in [0.3, 0.4) is 0 Å². The van der Waals surface area contributed by atoms with Gasteiger partial charge >= 0.3 is 0 Å². The maximum Gasteiger partial charge on any atom is 0.259 e. The van der Waals surface area contributed by atoms with E-state index in [0.717, 1.165) is 24.9 Å². The lowest BCUT2D eigenvalue weighted by atomic mass is 10.1. The van der Waals surface area contributed by atoms with E-state index in [-0.39, 0.29) is 24.4 Å². The first-order valence-electron chi connectivity index (χ1n) is 8.08. The van der Waals surface area contributed by atoms with Gasteiger partial charge in [0.1, 0.15) is 6.54 Å². The molecule has 1 atom stereocenters. The Bertz CT molecular complexity index is 778. The summed E-state index contributed by atoms with van der Waals surface area (Å²) >= 11 is 1.65. The first kappa shape index (κ1) is 15.1. The molecular formula is C19H18N2O2S. The minimum atomic E-state index is -0.129. The molecule has 24 heavy (non-hydrogen) atoms. The van der Waals surface area contributed by atoms with Gasteiger partial charge in [-0.1, -0.05) is 24.8 Å². The Hall–Kier alpha value is -2.40. The lowest BCUT2D eigenvalue weighted by Crippen LogP contribution is -2.39. The summed E-state index contributed by atoms with van der Waals surface area (Å²) in [6.45, 7) is 4.83. The second kappa shape index (κ2) is 5.91. The van der Waals surface area contributed by atoms with Crippen LogP contribution in [0, 0.1) is 0 Å². The predicted octanol–water partition coefficient (Wildman–Crippen LogP) is 3.54. The van der Waals surface area contributed by atoms with Gasteiger partial charge in [-0.05, 0) is 41.3 Å². The summed E-state index contributed by atoms with van der Waals surface area (Å²) in [6.07, 6.45) is 1.99. The molecule has 2 aromatic rings. The Labute approximate surface area is 145 Å². The van der Waals surface area contributed by atoms with Crippen molar-refractivity contribution in [1.29, 1.82) is 0 Å². The lowest BCUT2D eigenvalue weighted by molar-refractivity contribution is -0.132. The Balaban J connectivity index is 1.53. The minimum Gasteiger partial charge on any atom is -0.334 e. The van der Waals surface area contributed by atoms with Crippen molar-refractivity contribution in [2.24, 2.45) is 0 Å². The lowest BCUT2D eigenvalue weighted by Gasteiger charge is -2.27. The first-order valence-corrected chi connectivity index (χ1v) is 9.03. The number of hydrogen-bond acceptors (Lipinski definition) is 3. The quantitative estimate of drug-likeness (QED) is 0.859. The minimum absolute atomic E-state index is 0.00833. The molecule has 0 N–H and O–H groups in total. The van der Waals surface area contributed by atoms with Crippen molar-refractivity contribution in [2.75, 3.05) is 13.1 Å². The number of nitrogens with zero attached hydrogens (tertiary/aromatic N) is 2. The van der Waals surface area contributed by atoms with Crippen molar-refractivity contribution in [2.45, 2.75) is 18.9 Å². The molecular weight excluding hydrogens is 320 g/mol. The molecule has 0 radical (unpaired) electrons. The number of carbonyl (C=O) groups excluding carboxylic acids is 2. The van der Waals surface area contributed by atoms with Crippen LogP contribution < -0.4 is 0 Å². The van der Waals surface area contributed by atoms with Crippen molar-refractivity contribution < 1.29 is 9.59 Å². The molecule has 3 heterocycles. The maximum atomic E-state index is 12.8. The van der Waals surface area contributed by atoms with E-state index < -0.39 is 0 Å². The number of rotatable bonds is 3. The van der Waals surface area contributed by atoms with E-state index in [1.54, 1.807) is 17.4 Å². The summed E-state index contributed by atoms with van der Waals surface area (Å²) in [5.41, 5.74) is 3.27. The topological polar surface area (TPSA) is 40.6 Å². The van der Waals surface area contributed by atoms with Gasteiger partial charge in [-0.15, -0.1) is 0 Å². The number of likely N-dealkylation sites (tertiary alicyclic amines) is 1. The van der Waals surface area contributed by atoms with E-state index in [4.69, 9.17) is 0 Å². The highest BCUT2D eigenvalue weighted by Gasteiger charge is 2.36. The molecule has 4 rings (SSSR count). The van der Waals surface area contributed by atoms with Gasteiger partial charge in [-0.3, -0.25) is 14.5 Å². The Morgan fingerprint density at radius 2 is 2.04 bits per heavy atom. The second-order valence-corrected chi connectivity index (χ2v) is 6.97. The molecule has 5 heteroatoms. The van der Waals surface area contributed by atoms with Gasteiger partial charge in [0.25, 0.3) is 5.91 Å². The van der Waals surface area contributed by atoms with Crippen LogP contribution in [-0.4, -0.2) is 34.7 Å². The molecule has 1 aromatic carbocycles. The van der Waals surface area contributed by atoms with Gasteiger partial charge in [-0.25, -0.2) is 0 Å². The zero-order chi connectivity index (χ0) is 16.7. The third-order valence-corrected chi connectivity index (χ3v) is 5.54. The van der Waals surface area contributed by atoms with Crippen LogP contribution in [0.5, 0.6) is 0 Å². The zero-order valence-electron chi connectivity index (χ0n) is 13.3. The molecule has 0 aliphatic carbocycles. The van der Waals surface area contributed by atoms with Gasteiger partial charge < -0.3 is 4.90 Å². The van der Waals surface area contributed by atoms with Crippen LogP contribution in [0.25, 0.3) is 5.70 Å².